The number of nitrogens with two attached hydrogens (primary N) is 1. The van der Waals surface area contributed by atoms with Gasteiger partial charge >= 0.3 is 0 Å². The smallest absolute Gasteiger partial charge is 0.248 e. The molecule has 0 aliphatic heterocycles. The first kappa shape index (κ1) is 12.0. The van der Waals surface area contributed by atoms with Gasteiger partial charge in [0.25, 0.3) is 0 Å². The van der Waals surface area contributed by atoms with E-state index >= 15 is 0 Å². The van der Waals surface area contributed by atoms with Crippen LogP contribution in [0.2, 0.25) is 0 Å². The number of hydrogen-bond acceptors (Lipinski definition) is 1. The van der Waals surface area contributed by atoms with E-state index in [4.69, 9.17) is 5.73 Å². The SMILES string of the molecule is Cc1ccc2c(c1)[C@H](c1ccccc1C(N)=O)CC2. The van der Waals surface area contributed by atoms with Crippen LogP contribution in [-0.4, -0.2) is 5.91 Å². The van der Waals surface area contributed by atoms with Crippen LogP contribution in [0.15, 0.2) is 42.5 Å². The monoisotopic (exact) mass is 251 g/mol. The molecule has 0 bridgehead atoms. The second-order valence-electron chi connectivity index (χ2n) is 5.25. The number of carbonyl (C=O) groups excluding carboxylic acids is 1. The summed E-state index contributed by atoms with van der Waals surface area (Å²) in [5.41, 5.74) is 11.2. The predicted octanol–water partition coefficient (Wildman–Crippen LogP) is 3.17. The Labute approximate surface area is 113 Å². The van der Waals surface area contributed by atoms with Crippen LogP contribution >= 0.6 is 0 Å². The van der Waals surface area contributed by atoms with Crippen LogP contribution in [-0.2, 0) is 6.42 Å². The lowest BCUT2D eigenvalue weighted by Gasteiger charge is -2.15. The molecule has 2 heteroatoms. The van der Waals surface area contributed by atoms with Gasteiger partial charge in [-0.2, -0.15) is 0 Å². The molecule has 2 aromatic carbocycles. The van der Waals surface area contributed by atoms with Crippen molar-refractivity contribution < 1.29 is 4.79 Å². The highest BCUT2D eigenvalue weighted by molar-refractivity contribution is 5.94. The highest BCUT2D eigenvalue weighted by atomic mass is 16.1. The van der Waals surface area contributed by atoms with E-state index in [0.717, 1.165) is 18.4 Å². The lowest BCUT2D eigenvalue weighted by Crippen LogP contribution is -2.15. The Morgan fingerprint density at radius 1 is 1.16 bits per heavy atom. The van der Waals surface area contributed by atoms with Crippen molar-refractivity contribution in [1.82, 2.24) is 0 Å². The van der Waals surface area contributed by atoms with Crippen molar-refractivity contribution in [2.75, 3.05) is 0 Å². The quantitative estimate of drug-likeness (QED) is 0.875. The Bertz CT molecular complexity index is 645. The van der Waals surface area contributed by atoms with E-state index in [2.05, 4.69) is 25.1 Å². The van der Waals surface area contributed by atoms with Gasteiger partial charge in [-0.1, -0.05) is 42.0 Å². The molecule has 0 radical (unpaired) electrons. The van der Waals surface area contributed by atoms with Gasteiger partial charge in [-0.05, 0) is 42.5 Å². The number of fused-ring (bicyclic) bond motifs is 1. The molecule has 0 unspecified atom stereocenters. The number of primary amides is 1. The van der Waals surface area contributed by atoms with E-state index in [1.54, 1.807) is 0 Å². The van der Waals surface area contributed by atoms with Gasteiger partial charge in [0.05, 0.1) is 0 Å². The third-order valence-corrected chi connectivity index (χ3v) is 3.98. The Balaban J connectivity index is 2.11. The van der Waals surface area contributed by atoms with Gasteiger partial charge in [0.2, 0.25) is 5.91 Å². The topological polar surface area (TPSA) is 43.1 Å². The molecule has 0 heterocycles. The minimum absolute atomic E-state index is 0.304. The molecule has 3 rings (SSSR count). The van der Waals surface area contributed by atoms with Crippen molar-refractivity contribution in [3.63, 3.8) is 0 Å². The Morgan fingerprint density at radius 3 is 2.74 bits per heavy atom. The van der Waals surface area contributed by atoms with E-state index in [1.807, 2.05) is 24.3 Å². The molecule has 0 fully saturated rings. The normalized spacial score (nSPS) is 17.2. The molecule has 96 valence electrons. The van der Waals surface area contributed by atoms with Gasteiger partial charge in [-0.3, -0.25) is 4.79 Å². The number of amides is 1. The molecule has 2 aromatic rings. The summed E-state index contributed by atoms with van der Waals surface area (Å²) in [4.78, 5) is 11.6. The van der Waals surface area contributed by atoms with Gasteiger partial charge in [-0.25, -0.2) is 0 Å². The van der Waals surface area contributed by atoms with Crippen LogP contribution < -0.4 is 5.73 Å². The average molecular weight is 251 g/mol. The highest BCUT2D eigenvalue weighted by Gasteiger charge is 2.26. The molecule has 0 saturated carbocycles. The summed E-state index contributed by atoms with van der Waals surface area (Å²) >= 11 is 0. The predicted molar refractivity (Wildman–Crippen MR) is 76.3 cm³/mol. The Kier molecular flexibility index (Phi) is 2.86. The molecule has 1 atom stereocenters. The van der Waals surface area contributed by atoms with Crippen LogP contribution in [0.5, 0.6) is 0 Å². The first-order chi connectivity index (χ1) is 9.16. The number of benzene rings is 2. The first-order valence-electron chi connectivity index (χ1n) is 6.65. The number of carbonyl (C=O) groups is 1. The Morgan fingerprint density at radius 2 is 1.95 bits per heavy atom. The standard InChI is InChI=1S/C17H17NO/c1-11-6-7-12-8-9-14(16(12)10-11)13-4-2-3-5-15(13)17(18)19/h2-7,10,14H,8-9H2,1H3,(H2,18,19)/t14-/m0/s1. The number of hydrogen-bond donors (Lipinski definition) is 1. The molecule has 0 spiro atoms. The summed E-state index contributed by atoms with van der Waals surface area (Å²) in [7, 11) is 0. The van der Waals surface area contributed by atoms with Crippen molar-refractivity contribution >= 4 is 5.91 Å². The van der Waals surface area contributed by atoms with E-state index in [9.17, 15) is 4.79 Å². The average Bonchev–Trinajstić information content (AvgIpc) is 2.81. The summed E-state index contributed by atoms with van der Waals surface area (Å²) in [6.45, 7) is 2.11. The third kappa shape index (κ3) is 2.03. The zero-order valence-electron chi connectivity index (χ0n) is 11.0. The molecule has 1 amide bonds. The maximum atomic E-state index is 11.6. The van der Waals surface area contributed by atoms with Crippen molar-refractivity contribution in [2.45, 2.75) is 25.7 Å². The number of rotatable bonds is 2. The van der Waals surface area contributed by atoms with E-state index in [0.29, 0.717) is 11.5 Å². The fourth-order valence-electron chi connectivity index (χ4n) is 3.07. The Hall–Kier alpha value is -2.09. The minimum Gasteiger partial charge on any atom is -0.366 e. The molecule has 1 aliphatic carbocycles. The minimum atomic E-state index is -0.336. The fourth-order valence-corrected chi connectivity index (χ4v) is 3.07. The van der Waals surface area contributed by atoms with E-state index < -0.39 is 0 Å². The van der Waals surface area contributed by atoms with Crippen LogP contribution in [0.4, 0.5) is 0 Å². The highest BCUT2D eigenvalue weighted by Crippen LogP contribution is 2.39. The zero-order valence-corrected chi connectivity index (χ0v) is 11.0. The zero-order chi connectivity index (χ0) is 13.4. The van der Waals surface area contributed by atoms with Gasteiger partial charge in [-0.15, -0.1) is 0 Å². The van der Waals surface area contributed by atoms with Crippen molar-refractivity contribution in [1.29, 1.82) is 0 Å². The van der Waals surface area contributed by atoms with Gasteiger partial charge in [0.15, 0.2) is 0 Å². The summed E-state index contributed by atoms with van der Waals surface area (Å²) in [6.07, 6.45) is 2.14. The van der Waals surface area contributed by atoms with Gasteiger partial charge < -0.3 is 5.73 Å². The van der Waals surface area contributed by atoms with Crippen LogP contribution in [0.3, 0.4) is 0 Å². The summed E-state index contributed by atoms with van der Waals surface area (Å²) < 4.78 is 0. The molecular weight excluding hydrogens is 234 g/mol. The molecular formula is C17H17NO. The van der Waals surface area contributed by atoms with Crippen LogP contribution in [0.1, 0.15) is 45.0 Å². The number of aryl methyl sites for hydroxylation is 2. The second kappa shape index (κ2) is 4.54. The molecule has 2 nitrogen and oxygen atoms in total. The summed E-state index contributed by atoms with van der Waals surface area (Å²) in [5.74, 6) is -0.0321. The first-order valence-corrected chi connectivity index (χ1v) is 6.65. The lowest BCUT2D eigenvalue weighted by molar-refractivity contribution is 0.0999. The molecule has 0 saturated heterocycles. The van der Waals surface area contributed by atoms with E-state index in [-0.39, 0.29) is 5.91 Å². The molecule has 2 N–H and O–H groups in total. The van der Waals surface area contributed by atoms with Crippen molar-refractivity contribution in [2.24, 2.45) is 5.73 Å². The van der Waals surface area contributed by atoms with Crippen molar-refractivity contribution in [3.05, 3.63) is 70.3 Å². The van der Waals surface area contributed by atoms with Crippen molar-refractivity contribution in [3.8, 4) is 0 Å². The second-order valence-corrected chi connectivity index (χ2v) is 5.25. The van der Waals surface area contributed by atoms with Gasteiger partial charge in [0, 0.05) is 11.5 Å². The van der Waals surface area contributed by atoms with E-state index in [1.165, 1.54) is 16.7 Å². The largest absolute Gasteiger partial charge is 0.366 e. The lowest BCUT2D eigenvalue weighted by atomic mass is 9.88. The molecule has 0 aromatic heterocycles. The summed E-state index contributed by atoms with van der Waals surface area (Å²) in [6, 6.07) is 14.3. The van der Waals surface area contributed by atoms with Gasteiger partial charge in [0.1, 0.15) is 0 Å². The summed E-state index contributed by atoms with van der Waals surface area (Å²) in [5, 5.41) is 0. The molecule has 1 aliphatic rings. The maximum absolute atomic E-state index is 11.6. The maximum Gasteiger partial charge on any atom is 0.248 e. The van der Waals surface area contributed by atoms with Crippen LogP contribution in [0.25, 0.3) is 0 Å². The third-order valence-electron chi connectivity index (χ3n) is 3.98. The van der Waals surface area contributed by atoms with Crippen LogP contribution in [0, 0.1) is 6.92 Å². The fraction of sp³-hybridized carbons (Fsp3) is 0.235. The molecule has 19 heavy (non-hydrogen) atoms.